The van der Waals surface area contributed by atoms with Crippen molar-refractivity contribution >= 4 is 0 Å². The van der Waals surface area contributed by atoms with Gasteiger partial charge in [-0.1, -0.05) is 18.2 Å². The molecule has 2 aromatic carbocycles. The smallest absolute Gasteiger partial charge is 0.163 e. The molecule has 1 atom stereocenters. The van der Waals surface area contributed by atoms with E-state index in [0.717, 1.165) is 36.8 Å². The van der Waals surface area contributed by atoms with Crippen LogP contribution >= 0.6 is 0 Å². The average molecular weight is 398 g/mol. The van der Waals surface area contributed by atoms with Gasteiger partial charge in [-0.15, -0.1) is 0 Å². The van der Waals surface area contributed by atoms with E-state index in [4.69, 9.17) is 9.47 Å². The van der Waals surface area contributed by atoms with Crippen molar-refractivity contribution in [1.29, 1.82) is 0 Å². The van der Waals surface area contributed by atoms with Crippen LogP contribution in [0.15, 0.2) is 54.7 Å². The van der Waals surface area contributed by atoms with Gasteiger partial charge in [0.05, 0.1) is 20.3 Å². The van der Waals surface area contributed by atoms with Crippen LogP contribution in [0.4, 0.5) is 8.78 Å². The Kier molecular flexibility index (Phi) is 5.53. The minimum atomic E-state index is -0.827. The summed E-state index contributed by atoms with van der Waals surface area (Å²) in [6.45, 7) is 2.13. The van der Waals surface area contributed by atoms with Crippen LogP contribution in [-0.4, -0.2) is 30.2 Å². The van der Waals surface area contributed by atoms with E-state index in [0.29, 0.717) is 23.6 Å². The largest absolute Gasteiger partial charge is 0.497 e. The van der Waals surface area contributed by atoms with E-state index in [9.17, 15) is 8.78 Å². The van der Waals surface area contributed by atoms with Crippen LogP contribution in [0.3, 0.4) is 0 Å². The van der Waals surface area contributed by atoms with Crippen LogP contribution in [0, 0.1) is 11.6 Å². The zero-order chi connectivity index (χ0) is 20.4. The molecule has 6 heteroatoms. The Morgan fingerprint density at radius 2 is 1.86 bits per heavy atom. The number of methoxy groups -OCH3 is 2. The summed E-state index contributed by atoms with van der Waals surface area (Å²) < 4.78 is 41.8. The summed E-state index contributed by atoms with van der Waals surface area (Å²) >= 11 is 0. The molecule has 152 valence electrons. The van der Waals surface area contributed by atoms with E-state index in [1.165, 1.54) is 0 Å². The SMILES string of the molecule is COc1ccc(CN2CCCn3cccc3C2c2cccc(F)c2F)c(OC)c1. The highest BCUT2D eigenvalue weighted by molar-refractivity contribution is 5.41. The maximum atomic E-state index is 14.8. The van der Waals surface area contributed by atoms with Crippen LogP contribution in [0.1, 0.15) is 29.3 Å². The molecule has 0 saturated heterocycles. The van der Waals surface area contributed by atoms with Gasteiger partial charge in [0.15, 0.2) is 11.6 Å². The average Bonchev–Trinajstić information content (AvgIpc) is 3.12. The lowest BCUT2D eigenvalue weighted by atomic mass is 10.00. The Hall–Kier alpha value is -2.86. The summed E-state index contributed by atoms with van der Waals surface area (Å²) in [5, 5.41) is 0. The number of rotatable bonds is 5. The third-order valence-corrected chi connectivity index (χ3v) is 5.50. The maximum absolute atomic E-state index is 14.8. The molecule has 3 aromatic rings. The molecule has 2 heterocycles. The molecule has 0 saturated carbocycles. The van der Waals surface area contributed by atoms with E-state index >= 15 is 0 Å². The fourth-order valence-corrected chi connectivity index (χ4v) is 4.10. The summed E-state index contributed by atoms with van der Waals surface area (Å²) in [5.74, 6) is -0.198. The van der Waals surface area contributed by atoms with E-state index < -0.39 is 17.7 Å². The lowest BCUT2D eigenvalue weighted by Gasteiger charge is -2.31. The monoisotopic (exact) mass is 398 g/mol. The van der Waals surface area contributed by atoms with Crippen LogP contribution in [0.25, 0.3) is 0 Å². The van der Waals surface area contributed by atoms with Gasteiger partial charge in [-0.3, -0.25) is 4.90 Å². The van der Waals surface area contributed by atoms with Crippen molar-refractivity contribution in [1.82, 2.24) is 9.47 Å². The van der Waals surface area contributed by atoms with Gasteiger partial charge in [0.25, 0.3) is 0 Å². The van der Waals surface area contributed by atoms with Crippen molar-refractivity contribution in [2.75, 3.05) is 20.8 Å². The van der Waals surface area contributed by atoms with Crippen LogP contribution < -0.4 is 9.47 Å². The van der Waals surface area contributed by atoms with Crippen LogP contribution in [-0.2, 0) is 13.1 Å². The second-order valence-electron chi connectivity index (χ2n) is 7.17. The molecule has 0 bridgehead atoms. The van der Waals surface area contributed by atoms with Crippen molar-refractivity contribution in [2.24, 2.45) is 0 Å². The van der Waals surface area contributed by atoms with Crippen molar-refractivity contribution in [3.05, 3.63) is 83.2 Å². The Balaban J connectivity index is 1.78. The van der Waals surface area contributed by atoms with E-state index in [1.807, 2.05) is 36.5 Å². The van der Waals surface area contributed by atoms with Gasteiger partial charge >= 0.3 is 0 Å². The van der Waals surface area contributed by atoms with Gasteiger partial charge in [-0.05, 0) is 30.7 Å². The number of hydrogen-bond donors (Lipinski definition) is 0. The van der Waals surface area contributed by atoms with Gasteiger partial charge in [-0.25, -0.2) is 8.78 Å². The Bertz CT molecular complexity index is 1000. The van der Waals surface area contributed by atoms with Crippen molar-refractivity contribution < 1.29 is 18.3 Å². The number of benzene rings is 2. The molecule has 0 fully saturated rings. The number of fused-ring (bicyclic) bond motifs is 1. The van der Waals surface area contributed by atoms with Gasteiger partial charge in [0, 0.05) is 48.7 Å². The predicted octanol–water partition coefficient (Wildman–Crippen LogP) is 4.78. The maximum Gasteiger partial charge on any atom is 0.163 e. The van der Waals surface area contributed by atoms with Gasteiger partial charge in [0.2, 0.25) is 0 Å². The second kappa shape index (κ2) is 8.25. The molecular weight excluding hydrogens is 374 g/mol. The van der Waals surface area contributed by atoms with E-state index in [1.54, 1.807) is 26.4 Å². The van der Waals surface area contributed by atoms with Gasteiger partial charge in [0.1, 0.15) is 11.5 Å². The fourth-order valence-electron chi connectivity index (χ4n) is 4.10. The summed E-state index contributed by atoms with van der Waals surface area (Å²) in [4.78, 5) is 2.18. The first-order chi connectivity index (χ1) is 14.1. The number of aryl methyl sites for hydroxylation is 1. The van der Waals surface area contributed by atoms with Crippen molar-refractivity contribution in [2.45, 2.75) is 25.6 Å². The van der Waals surface area contributed by atoms with Gasteiger partial charge < -0.3 is 14.0 Å². The van der Waals surface area contributed by atoms with Crippen LogP contribution in [0.2, 0.25) is 0 Å². The molecule has 4 rings (SSSR count). The second-order valence-corrected chi connectivity index (χ2v) is 7.17. The summed E-state index contributed by atoms with van der Waals surface area (Å²) in [6, 6.07) is 13.6. The molecule has 1 aromatic heterocycles. The standard InChI is InChI=1S/C23H24F2N2O2/c1-28-17-10-9-16(21(14-17)29-2)15-27-13-5-12-26-11-4-8-20(26)23(27)18-6-3-7-19(24)22(18)25/h3-4,6-11,14,23H,5,12-13,15H2,1-2H3. The molecule has 1 unspecified atom stereocenters. The molecule has 1 aliphatic heterocycles. The number of ether oxygens (including phenoxy) is 2. The highest BCUT2D eigenvalue weighted by atomic mass is 19.2. The molecule has 0 spiro atoms. The molecule has 1 aliphatic rings. The molecule has 29 heavy (non-hydrogen) atoms. The molecule has 0 aliphatic carbocycles. The third kappa shape index (κ3) is 3.72. The minimum absolute atomic E-state index is 0.347. The van der Waals surface area contributed by atoms with Crippen molar-refractivity contribution in [3.63, 3.8) is 0 Å². The molecule has 0 radical (unpaired) electrons. The minimum Gasteiger partial charge on any atom is -0.497 e. The molecule has 0 N–H and O–H groups in total. The Morgan fingerprint density at radius 1 is 1.00 bits per heavy atom. The summed E-state index contributed by atoms with van der Waals surface area (Å²) in [6.07, 6.45) is 2.91. The zero-order valence-electron chi connectivity index (χ0n) is 16.6. The predicted molar refractivity (Wildman–Crippen MR) is 107 cm³/mol. The summed E-state index contributed by atoms with van der Waals surface area (Å²) in [5.41, 5.74) is 2.27. The first-order valence-corrected chi connectivity index (χ1v) is 9.66. The number of nitrogens with zero attached hydrogens (tertiary/aromatic N) is 2. The van der Waals surface area contributed by atoms with E-state index in [-0.39, 0.29) is 0 Å². The highest BCUT2D eigenvalue weighted by Crippen LogP contribution is 2.36. The zero-order valence-corrected chi connectivity index (χ0v) is 16.6. The highest BCUT2D eigenvalue weighted by Gasteiger charge is 2.30. The number of aromatic nitrogens is 1. The molecular formula is C23H24F2N2O2. The molecule has 0 amide bonds. The normalized spacial score (nSPS) is 16.9. The third-order valence-electron chi connectivity index (χ3n) is 5.50. The topological polar surface area (TPSA) is 26.6 Å². The first kappa shape index (κ1) is 19.5. The number of hydrogen-bond acceptors (Lipinski definition) is 3. The van der Waals surface area contributed by atoms with E-state index in [2.05, 4.69) is 9.47 Å². The Morgan fingerprint density at radius 3 is 2.66 bits per heavy atom. The van der Waals surface area contributed by atoms with Crippen molar-refractivity contribution in [3.8, 4) is 11.5 Å². The van der Waals surface area contributed by atoms with Crippen LogP contribution in [0.5, 0.6) is 11.5 Å². The van der Waals surface area contributed by atoms with Gasteiger partial charge in [-0.2, -0.15) is 0 Å². The fraction of sp³-hybridized carbons (Fsp3) is 0.304. The first-order valence-electron chi connectivity index (χ1n) is 9.66. The summed E-state index contributed by atoms with van der Waals surface area (Å²) in [7, 11) is 3.23. The molecule has 4 nitrogen and oxygen atoms in total. The lowest BCUT2D eigenvalue weighted by molar-refractivity contribution is 0.212. The quantitative estimate of drug-likeness (QED) is 0.619. The number of halogens is 2. The lowest BCUT2D eigenvalue weighted by Crippen LogP contribution is -2.30. The Labute approximate surface area is 169 Å².